The summed E-state index contributed by atoms with van der Waals surface area (Å²) in [5.74, 6) is -4.55. The van der Waals surface area contributed by atoms with E-state index in [2.05, 4.69) is 5.32 Å². The van der Waals surface area contributed by atoms with Crippen LogP contribution in [0.25, 0.3) is 0 Å². The molecule has 0 aliphatic heterocycles. The van der Waals surface area contributed by atoms with Crippen LogP contribution >= 0.6 is 0 Å². The molecule has 18 heavy (non-hydrogen) atoms. The highest BCUT2D eigenvalue weighted by Gasteiger charge is 2.15. The van der Waals surface area contributed by atoms with E-state index in [1.54, 1.807) is 0 Å². The van der Waals surface area contributed by atoms with E-state index in [1.807, 2.05) is 13.8 Å². The van der Waals surface area contributed by atoms with Gasteiger partial charge in [-0.05, 0) is 18.1 Å². The number of carbonyl (C=O) groups excluding carboxylic acids is 1. The Morgan fingerprint density at radius 2 is 1.67 bits per heavy atom. The lowest BCUT2D eigenvalue weighted by Crippen LogP contribution is -2.29. The zero-order valence-corrected chi connectivity index (χ0v) is 10.4. The molecule has 1 aromatic carbocycles. The Morgan fingerprint density at radius 3 is 2.11 bits per heavy atom. The van der Waals surface area contributed by atoms with E-state index in [-0.39, 0.29) is 5.56 Å². The maximum atomic E-state index is 12.9. The zero-order valence-electron chi connectivity index (χ0n) is 10.4. The van der Waals surface area contributed by atoms with Gasteiger partial charge in [0.05, 0.1) is 0 Å². The van der Waals surface area contributed by atoms with Crippen molar-refractivity contribution >= 4 is 5.91 Å². The minimum atomic E-state index is -1.56. The van der Waals surface area contributed by atoms with Gasteiger partial charge in [-0.2, -0.15) is 0 Å². The van der Waals surface area contributed by atoms with Gasteiger partial charge >= 0.3 is 0 Å². The van der Waals surface area contributed by atoms with Crippen molar-refractivity contribution in [2.75, 3.05) is 6.54 Å². The fourth-order valence-electron chi connectivity index (χ4n) is 1.60. The molecule has 5 heteroatoms. The number of rotatable bonds is 5. The summed E-state index contributed by atoms with van der Waals surface area (Å²) >= 11 is 0. The monoisotopic (exact) mass is 259 g/mol. The SMILES string of the molecule is CCC(CC)CNC(=O)c1cc(F)c(F)c(F)c1. The van der Waals surface area contributed by atoms with Crippen molar-refractivity contribution in [2.45, 2.75) is 26.7 Å². The van der Waals surface area contributed by atoms with Crippen LogP contribution in [0.4, 0.5) is 13.2 Å². The highest BCUT2D eigenvalue weighted by atomic mass is 19.2. The second-order valence-corrected chi connectivity index (χ2v) is 4.15. The van der Waals surface area contributed by atoms with E-state index in [9.17, 15) is 18.0 Å². The third kappa shape index (κ3) is 3.48. The van der Waals surface area contributed by atoms with Crippen LogP contribution in [-0.2, 0) is 0 Å². The van der Waals surface area contributed by atoms with Crippen LogP contribution in [0.3, 0.4) is 0 Å². The number of amides is 1. The molecule has 0 saturated heterocycles. The lowest BCUT2D eigenvalue weighted by Gasteiger charge is -2.13. The molecule has 0 spiro atoms. The summed E-state index contributed by atoms with van der Waals surface area (Å²) in [6.45, 7) is 4.43. The Balaban J connectivity index is 2.73. The van der Waals surface area contributed by atoms with Gasteiger partial charge in [0.1, 0.15) is 0 Å². The summed E-state index contributed by atoms with van der Waals surface area (Å²) in [5, 5.41) is 2.58. The molecular formula is C13H16F3NO. The van der Waals surface area contributed by atoms with E-state index >= 15 is 0 Å². The van der Waals surface area contributed by atoms with Gasteiger partial charge in [-0.3, -0.25) is 4.79 Å². The van der Waals surface area contributed by atoms with Crippen LogP contribution in [0.15, 0.2) is 12.1 Å². The van der Waals surface area contributed by atoms with Gasteiger partial charge < -0.3 is 5.32 Å². The Bertz CT molecular complexity index is 407. The third-order valence-corrected chi connectivity index (χ3v) is 2.95. The maximum Gasteiger partial charge on any atom is 0.251 e. The van der Waals surface area contributed by atoms with Crippen molar-refractivity contribution in [1.29, 1.82) is 0 Å². The molecule has 0 fully saturated rings. The Hall–Kier alpha value is -1.52. The first-order valence-corrected chi connectivity index (χ1v) is 5.92. The van der Waals surface area contributed by atoms with Gasteiger partial charge in [0.2, 0.25) is 0 Å². The number of hydrogen-bond acceptors (Lipinski definition) is 1. The van der Waals surface area contributed by atoms with E-state index in [0.29, 0.717) is 24.6 Å². The van der Waals surface area contributed by atoms with Crippen molar-refractivity contribution in [3.05, 3.63) is 35.1 Å². The molecule has 0 atom stereocenters. The summed E-state index contributed by atoms with van der Waals surface area (Å²) in [5.41, 5.74) is -0.211. The van der Waals surface area contributed by atoms with Crippen molar-refractivity contribution in [1.82, 2.24) is 5.32 Å². The number of halogens is 3. The molecule has 0 aromatic heterocycles. The maximum absolute atomic E-state index is 12.9. The second-order valence-electron chi connectivity index (χ2n) is 4.15. The highest BCUT2D eigenvalue weighted by molar-refractivity contribution is 5.94. The van der Waals surface area contributed by atoms with Crippen LogP contribution < -0.4 is 5.32 Å². The average Bonchev–Trinajstić information content (AvgIpc) is 2.36. The summed E-state index contributed by atoms with van der Waals surface area (Å²) < 4.78 is 38.6. The molecule has 1 amide bonds. The first-order chi connectivity index (χ1) is 8.49. The van der Waals surface area contributed by atoms with Gasteiger partial charge in [0.25, 0.3) is 5.91 Å². The topological polar surface area (TPSA) is 29.1 Å². The summed E-state index contributed by atoms with van der Waals surface area (Å²) in [6.07, 6.45) is 1.81. The van der Waals surface area contributed by atoms with Crippen LogP contribution in [-0.4, -0.2) is 12.5 Å². The number of carbonyl (C=O) groups is 1. The standard InChI is InChI=1S/C13H16F3NO/c1-3-8(4-2)7-17-13(18)9-5-10(14)12(16)11(15)6-9/h5-6,8H,3-4,7H2,1-2H3,(H,17,18). The lowest BCUT2D eigenvalue weighted by molar-refractivity contribution is 0.0945. The molecule has 1 rings (SSSR count). The predicted octanol–water partition coefficient (Wildman–Crippen LogP) is 3.27. The number of hydrogen-bond donors (Lipinski definition) is 1. The van der Waals surface area contributed by atoms with Crippen molar-refractivity contribution < 1.29 is 18.0 Å². The Kier molecular flexibility index (Phi) is 5.19. The van der Waals surface area contributed by atoms with Gasteiger partial charge in [0.15, 0.2) is 17.5 Å². The first kappa shape index (κ1) is 14.5. The third-order valence-electron chi connectivity index (χ3n) is 2.95. The molecule has 0 aliphatic rings. The van der Waals surface area contributed by atoms with Crippen LogP contribution in [0.2, 0.25) is 0 Å². The van der Waals surface area contributed by atoms with Gasteiger partial charge in [0, 0.05) is 12.1 Å². The smallest absolute Gasteiger partial charge is 0.251 e. The fraction of sp³-hybridized carbons (Fsp3) is 0.462. The molecule has 1 N–H and O–H groups in total. The van der Waals surface area contributed by atoms with E-state index in [0.717, 1.165) is 12.8 Å². The number of benzene rings is 1. The molecule has 0 saturated carbocycles. The molecular weight excluding hydrogens is 243 g/mol. The molecule has 0 heterocycles. The Morgan fingerprint density at radius 1 is 1.17 bits per heavy atom. The minimum absolute atomic E-state index is 0.211. The van der Waals surface area contributed by atoms with Gasteiger partial charge in [-0.15, -0.1) is 0 Å². The second kappa shape index (κ2) is 6.42. The van der Waals surface area contributed by atoms with Crippen LogP contribution in [0, 0.1) is 23.4 Å². The van der Waals surface area contributed by atoms with Crippen molar-refractivity contribution in [2.24, 2.45) is 5.92 Å². The van der Waals surface area contributed by atoms with Crippen molar-refractivity contribution in [3.63, 3.8) is 0 Å². The van der Waals surface area contributed by atoms with E-state index < -0.39 is 23.4 Å². The molecule has 100 valence electrons. The van der Waals surface area contributed by atoms with Crippen molar-refractivity contribution in [3.8, 4) is 0 Å². The molecule has 0 aliphatic carbocycles. The van der Waals surface area contributed by atoms with Gasteiger partial charge in [-0.25, -0.2) is 13.2 Å². The largest absolute Gasteiger partial charge is 0.352 e. The highest BCUT2D eigenvalue weighted by Crippen LogP contribution is 2.14. The van der Waals surface area contributed by atoms with Gasteiger partial charge in [-0.1, -0.05) is 26.7 Å². The normalized spacial score (nSPS) is 10.8. The number of nitrogens with one attached hydrogen (secondary N) is 1. The van der Waals surface area contributed by atoms with Crippen LogP contribution in [0.1, 0.15) is 37.0 Å². The zero-order chi connectivity index (χ0) is 13.7. The Labute approximate surface area is 104 Å². The van der Waals surface area contributed by atoms with E-state index in [1.165, 1.54) is 0 Å². The van der Waals surface area contributed by atoms with Crippen LogP contribution in [0.5, 0.6) is 0 Å². The molecule has 2 nitrogen and oxygen atoms in total. The fourth-order valence-corrected chi connectivity index (χ4v) is 1.60. The summed E-state index contributed by atoms with van der Waals surface area (Å²) in [7, 11) is 0. The predicted molar refractivity (Wildman–Crippen MR) is 62.7 cm³/mol. The summed E-state index contributed by atoms with van der Waals surface area (Å²) in [4.78, 5) is 11.6. The summed E-state index contributed by atoms with van der Waals surface area (Å²) in [6, 6.07) is 1.39. The molecule has 1 aromatic rings. The molecule has 0 radical (unpaired) electrons. The molecule has 0 bridgehead atoms. The first-order valence-electron chi connectivity index (χ1n) is 5.92. The van der Waals surface area contributed by atoms with E-state index in [4.69, 9.17) is 0 Å². The average molecular weight is 259 g/mol. The molecule has 0 unspecified atom stereocenters. The quantitative estimate of drug-likeness (QED) is 0.808. The lowest BCUT2D eigenvalue weighted by atomic mass is 10.0. The minimum Gasteiger partial charge on any atom is -0.352 e.